The molecule has 3 aliphatic heterocycles. The monoisotopic (exact) mass is 1590 g/mol. The van der Waals surface area contributed by atoms with Crippen molar-refractivity contribution in [3.05, 3.63) is 100 Å². The molecule has 29 nitrogen and oxygen atoms in total. The van der Waals surface area contributed by atoms with Crippen LogP contribution in [0.3, 0.4) is 0 Å². The van der Waals surface area contributed by atoms with E-state index < -0.39 is 0 Å². The van der Waals surface area contributed by atoms with Crippen LogP contribution in [0.2, 0.25) is 0 Å². The molecule has 5 saturated carbocycles. The Morgan fingerprint density at radius 2 is 0.690 bits per heavy atom. The van der Waals surface area contributed by atoms with E-state index in [9.17, 15) is 14.4 Å². The van der Waals surface area contributed by atoms with Gasteiger partial charge in [-0.05, 0) is 271 Å². The molecule has 0 atom stereocenters. The number of nitrogens with one attached hydrogen (secondary N) is 2. The minimum atomic E-state index is 0.0492. The van der Waals surface area contributed by atoms with E-state index in [1.165, 1.54) is 166 Å². The molecule has 5 fully saturated rings. The van der Waals surface area contributed by atoms with Crippen LogP contribution >= 0.6 is 23.2 Å². The summed E-state index contributed by atoms with van der Waals surface area (Å²) in [6.45, 7) is 2.06. The normalized spacial score (nSPS) is 17.6. The number of anilines is 3. The largest absolute Gasteiger partial charge is 0.508 e. The van der Waals surface area contributed by atoms with E-state index in [2.05, 4.69) is 114 Å². The van der Waals surface area contributed by atoms with Crippen LogP contribution in [0.15, 0.2) is 54.6 Å². The summed E-state index contributed by atoms with van der Waals surface area (Å²) in [5, 5.41) is 76.3. The van der Waals surface area contributed by atoms with Crippen LogP contribution < -0.4 is 25.0 Å². The molecule has 0 radical (unpaired) electrons. The summed E-state index contributed by atoms with van der Waals surface area (Å²) in [5.74, 6) is 8.88. The number of nitrogens with zero attached hydrogens (tertiary/aromatic N) is 21. The second-order valence-corrected chi connectivity index (χ2v) is 32.4. The summed E-state index contributed by atoms with van der Waals surface area (Å²) in [6, 6.07) is 19.5. The van der Waals surface area contributed by atoms with Crippen LogP contribution in [-0.4, -0.2) is 155 Å². The first-order valence-corrected chi connectivity index (χ1v) is 43.9. The van der Waals surface area contributed by atoms with Gasteiger partial charge in [-0.3, -0.25) is 14.4 Å². The Balaban J connectivity index is 0.000000142. The predicted octanol–water partition coefficient (Wildman–Crippen LogP) is 15.6. The summed E-state index contributed by atoms with van der Waals surface area (Å²) in [4.78, 5) is 37.2. The molecule has 8 aliphatic rings. The van der Waals surface area contributed by atoms with E-state index in [0.717, 1.165) is 203 Å². The van der Waals surface area contributed by atoms with E-state index in [0.29, 0.717) is 62.7 Å². The average Bonchev–Trinajstić information content (AvgIpc) is 1.66. The number of carbonyl (C=O) groups is 3. The predicted molar refractivity (Wildman–Crippen MR) is 432 cm³/mol. The van der Waals surface area contributed by atoms with Crippen molar-refractivity contribution in [2.75, 3.05) is 47.1 Å². The van der Waals surface area contributed by atoms with Crippen LogP contribution in [0.25, 0.3) is 0 Å². The third-order valence-electron chi connectivity index (χ3n) is 23.3. The Kier molecular flexibility index (Phi) is 33.7. The summed E-state index contributed by atoms with van der Waals surface area (Å²) >= 11 is 11.3. The van der Waals surface area contributed by atoms with Gasteiger partial charge in [0.05, 0.1) is 43.4 Å². The Morgan fingerprint density at radius 3 is 1.07 bits per heavy atom. The molecule has 5 aliphatic carbocycles. The van der Waals surface area contributed by atoms with Gasteiger partial charge in [-0.1, -0.05) is 96.3 Å². The maximum Gasteiger partial charge on any atom is 0.227 e. The maximum atomic E-state index is 12.8. The van der Waals surface area contributed by atoms with Gasteiger partial charge in [0, 0.05) is 86.7 Å². The van der Waals surface area contributed by atoms with Crippen LogP contribution in [-0.2, 0) is 65.8 Å². The highest BCUT2D eigenvalue weighted by Gasteiger charge is 2.28. The Morgan fingerprint density at radius 1 is 0.363 bits per heavy atom. The number of ether oxygens (including phenoxy) is 2. The molecular weight excluding hydrogens is 1470 g/mol. The number of hydrogen-bond acceptors (Lipinski definition) is 21. The fraction of sp³-hybridized carbons (Fsp3) is 0.683. The van der Waals surface area contributed by atoms with Gasteiger partial charge in [-0.25, -0.2) is 23.4 Å². The lowest BCUT2D eigenvalue weighted by Crippen LogP contribution is -2.36. The number of benzene rings is 3. The van der Waals surface area contributed by atoms with E-state index in [4.69, 9.17) is 37.8 Å². The lowest BCUT2D eigenvalue weighted by molar-refractivity contribution is -0.119. The number of tetrazole rings is 5. The number of hydrogen-bond donors (Lipinski definition) is 3. The number of alkyl halides is 2. The first-order chi connectivity index (χ1) is 55.6. The van der Waals surface area contributed by atoms with Gasteiger partial charge in [-0.15, -0.1) is 48.7 Å². The van der Waals surface area contributed by atoms with Crippen molar-refractivity contribution < 1.29 is 29.0 Å². The lowest BCUT2D eigenvalue weighted by atomic mass is 9.95. The molecule has 0 saturated heterocycles. The highest BCUT2D eigenvalue weighted by Crippen LogP contribution is 2.36. The molecule has 0 unspecified atom stereocenters. The molecule has 8 heterocycles. The summed E-state index contributed by atoms with van der Waals surface area (Å²) in [5.41, 5.74) is 6.12. The molecule has 113 heavy (non-hydrogen) atoms. The number of aromatic nitrogens is 20. The van der Waals surface area contributed by atoms with Crippen LogP contribution in [0.5, 0.6) is 17.2 Å². The number of fused-ring (bicyclic) bond motifs is 3. The zero-order chi connectivity index (χ0) is 78.0. The molecule has 3 N–H and O–H groups in total. The Bertz CT molecular complexity index is 4090. The zero-order valence-electron chi connectivity index (χ0n) is 66.3. The molecule has 31 heteroatoms. The van der Waals surface area contributed by atoms with Gasteiger partial charge in [0.1, 0.15) is 17.2 Å². The number of amides is 3. The molecule has 3 aromatic carbocycles. The minimum absolute atomic E-state index is 0.0492. The summed E-state index contributed by atoms with van der Waals surface area (Å²) in [6.07, 6.45) is 50.0. The highest BCUT2D eigenvalue weighted by atomic mass is 35.5. The fourth-order valence-corrected chi connectivity index (χ4v) is 17.5. The summed E-state index contributed by atoms with van der Waals surface area (Å²) in [7, 11) is 0. The SMILES string of the molecule is ClCCCCc1nnnn1C1CCCCC1.ClCCCCc1nnnn1C1CCCCC1.O=C1CCc2cc(O)ccc2N1.O=C1CCc2cc(OCCCCc3nnnn3C3CCCCC3)ccc2N1.O=C1CCc2cc(OCCCCc3nnnn3C3CCCCC3)ccc2N1CCCCc1nnnn1C1CCCCC1. The number of phenols is 1. The van der Waals surface area contributed by atoms with Crippen LogP contribution in [0.1, 0.15) is 320 Å². The molecular formula is C82H119Cl2N23O6. The van der Waals surface area contributed by atoms with Gasteiger partial charge in [0.15, 0.2) is 29.1 Å². The topological polar surface area (TPSA) is 335 Å². The molecule has 8 aromatic rings. The number of rotatable bonds is 30. The molecule has 0 bridgehead atoms. The second-order valence-electron chi connectivity index (χ2n) is 31.6. The van der Waals surface area contributed by atoms with Crippen molar-refractivity contribution in [2.24, 2.45) is 0 Å². The first kappa shape index (κ1) is 83.8. The minimum Gasteiger partial charge on any atom is -0.508 e. The highest BCUT2D eigenvalue weighted by molar-refractivity contribution is 6.18. The third kappa shape index (κ3) is 25.4. The number of carbonyl (C=O) groups excluding carboxylic acids is 3. The molecule has 612 valence electrons. The molecule has 5 aromatic heterocycles. The van der Waals surface area contributed by atoms with Gasteiger partial charge >= 0.3 is 0 Å². The second kappa shape index (κ2) is 45.5. The van der Waals surface area contributed by atoms with Crippen molar-refractivity contribution in [1.29, 1.82) is 0 Å². The molecule has 0 spiro atoms. The van der Waals surface area contributed by atoms with Crippen LogP contribution in [0.4, 0.5) is 17.1 Å². The van der Waals surface area contributed by atoms with Crippen molar-refractivity contribution in [1.82, 2.24) is 101 Å². The average molecular weight is 1590 g/mol. The van der Waals surface area contributed by atoms with E-state index in [1.54, 1.807) is 18.2 Å². The van der Waals surface area contributed by atoms with Crippen molar-refractivity contribution in [3.8, 4) is 17.2 Å². The van der Waals surface area contributed by atoms with Crippen molar-refractivity contribution >= 4 is 58.0 Å². The number of aromatic hydroxyl groups is 1. The molecule has 3 amide bonds. The summed E-state index contributed by atoms with van der Waals surface area (Å²) < 4.78 is 22.3. The van der Waals surface area contributed by atoms with Gasteiger partial charge in [-0.2, -0.15) is 0 Å². The standard InChI is InChI=1S/C31H45N9O2.C20H27N5O2.2C11H19ClN4.C9H9NO2/c41-31-20-17-24-23-27(42-22-10-8-16-30-33-35-37-40(30)26-13-5-2-6-14-26)18-19-28(24)38(31)21-9-7-15-29-32-34-36-39(29)25-11-3-1-4-12-25;26-20-12-9-15-14-17(10-11-18(15)21-20)27-13-5-4-8-19-22-23-24-25(19)16-6-2-1-3-7-16;2*12-9-5-4-8-11-13-14-15-16(11)10-6-2-1-3-7-10;11-7-2-3-8-6(5-7)1-4-9(12)10-8/h18-19,23,25-26H,1-17,20-22H2;10-11,14,16H,1-9,12-13H2,(H,21,26);2*10H,1-9H2;2-3,5,11H,1,4H2,(H,10,12). The van der Waals surface area contributed by atoms with Crippen LogP contribution in [0, 0.1) is 0 Å². The van der Waals surface area contributed by atoms with Crippen molar-refractivity contribution in [2.45, 2.75) is 326 Å². The number of halogens is 2. The van der Waals surface area contributed by atoms with E-state index in [-0.39, 0.29) is 23.5 Å². The van der Waals surface area contributed by atoms with Gasteiger partial charge in [0.2, 0.25) is 17.7 Å². The Labute approximate surface area is 674 Å². The maximum absolute atomic E-state index is 12.8. The van der Waals surface area contributed by atoms with E-state index >= 15 is 0 Å². The molecule has 16 rings (SSSR count). The van der Waals surface area contributed by atoms with Gasteiger partial charge in [0.25, 0.3) is 0 Å². The van der Waals surface area contributed by atoms with Crippen molar-refractivity contribution in [3.63, 3.8) is 0 Å². The first-order valence-electron chi connectivity index (χ1n) is 42.8. The number of aryl methyl sites for hydroxylation is 8. The van der Waals surface area contributed by atoms with Gasteiger partial charge < -0.3 is 30.1 Å². The smallest absolute Gasteiger partial charge is 0.227 e. The van der Waals surface area contributed by atoms with E-state index in [1.807, 2.05) is 38.5 Å². The zero-order valence-corrected chi connectivity index (χ0v) is 67.8. The Hall–Kier alpha value is -8.60. The number of phenolic OH excluding ortho intramolecular Hbond substituents is 1. The number of unbranched alkanes of at least 4 members (excludes halogenated alkanes) is 5. The lowest BCUT2D eigenvalue weighted by Gasteiger charge is -2.30. The third-order valence-corrected chi connectivity index (χ3v) is 23.9. The quantitative estimate of drug-likeness (QED) is 0.0214. The fourth-order valence-electron chi connectivity index (χ4n) is 17.1.